The Hall–Kier alpha value is -3.19. The molecule has 146 valence electrons. The van der Waals surface area contributed by atoms with Crippen molar-refractivity contribution in [2.24, 2.45) is 0 Å². The molecule has 1 saturated heterocycles. The minimum absolute atomic E-state index is 0.0906. The summed E-state index contributed by atoms with van der Waals surface area (Å²) in [5.41, 5.74) is 1.95. The molecule has 4 aromatic rings. The monoisotopic (exact) mass is 404 g/mol. The maximum atomic E-state index is 12.9. The van der Waals surface area contributed by atoms with Crippen LogP contribution in [0.5, 0.6) is 5.75 Å². The van der Waals surface area contributed by atoms with Gasteiger partial charge in [0.25, 0.3) is 5.91 Å². The number of carbonyl (C=O) groups is 1. The van der Waals surface area contributed by atoms with Crippen LogP contribution in [-0.4, -0.2) is 43.8 Å². The van der Waals surface area contributed by atoms with Gasteiger partial charge in [-0.3, -0.25) is 4.79 Å². The predicted octanol–water partition coefficient (Wildman–Crippen LogP) is 4.21. The number of para-hydroxylation sites is 2. The molecule has 5 rings (SSSR count). The summed E-state index contributed by atoms with van der Waals surface area (Å²) in [7, 11) is 0. The third-order valence-electron chi connectivity index (χ3n) is 5.36. The van der Waals surface area contributed by atoms with Crippen molar-refractivity contribution in [1.29, 1.82) is 0 Å². The van der Waals surface area contributed by atoms with Crippen molar-refractivity contribution < 1.29 is 9.90 Å². The SMILES string of the molecule is O=C(c1nn(-c2ccccc2)cc1O)N1CCC(c2nc3ccccc3s2)CC1. The molecule has 1 aliphatic rings. The van der Waals surface area contributed by atoms with Crippen molar-refractivity contribution in [3.05, 3.63) is 71.5 Å². The van der Waals surface area contributed by atoms with Gasteiger partial charge in [0.05, 0.1) is 27.1 Å². The first kappa shape index (κ1) is 17.9. The fraction of sp³-hybridized carbons (Fsp3) is 0.227. The second-order valence-electron chi connectivity index (χ2n) is 7.23. The lowest BCUT2D eigenvalue weighted by molar-refractivity contribution is 0.0703. The summed E-state index contributed by atoms with van der Waals surface area (Å²) in [5.74, 6) is 0.0546. The number of rotatable bonds is 3. The molecular formula is C22H20N4O2S. The lowest BCUT2D eigenvalue weighted by Gasteiger charge is -2.30. The number of benzene rings is 2. The van der Waals surface area contributed by atoms with Gasteiger partial charge in [0.2, 0.25) is 0 Å². The first-order valence-corrected chi connectivity index (χ1v) is 10.5. The number of thiazole rings is 1. The van der Waals surface area contributed by atoms with Gasteiger partial charge in [0, 0.05) is 19.0 Å². The van der Waals surface area contributed by atoms with E-state index < -0.39 is 0 Å². The summed E-state index contributed by atoms with van der Waals surface area (Å²) in [6, 6.07) is 17.6. The highest BCUT2D eigenvalue weighted by atomic mass is 32.1. The van der Waals surface area contributed by atoms with E-state index in [-0.39, 0.29) is 17.4 Å². The highest BCUT2D eigenvalue weighted by Crippen LogP contribution is 2.34. The zero-order valence-corrected chi connectivity index (χ0v) is 16.5. The van der Waals surface area contributed by atoms with E-state index in [9.17, 15) is 9.90 Å². The Labute approximate surface area is 172 Å². The number of piperidine rings is 1. The third-order valence-corrected chi connectivity index (χ3v) is 6.56. The smallest absolute Gasteiger partial charge is 0.278 e. The van der Waals surface area contributed by atoms with E-state index in [0.29, 0.717) is 19.0 Å². The highest BCUT2D eigenvalue weighted by Gasteiger charge is 2.29. The van der Waals surface area contributed by atoms with Crippen LogP contribution in [0.2, 0.25) is 0 Å². The summed E-state index contributed by atoms with van der Waals surface area (Å²) < 4.78 is 2.74. The largest absolute Gasteiger partial charge is 0.504 e. The Morgan fingerprint density at radius 3 is 2.52 bits per heavy atom. The van der Waals surface area contributed by atoms with Crippen molar-refractivity contribution in [2.75, 3.05) is 13.1 Å². The van der Waals surface area contributed by atoms with Crippen molar-refractivity contribution in [3.8, 4) is 11.4 Å². The van der Waals surface area contributed by atoms with Crippen LogP contribution >= 0.6 is 11.3 Å². The van der Waals surface area contributed by atoms with Gasteiger partial charge in [-0.15, -0.1) is 11.3 Å². The van der Waals surface area contributed by atoms with E-state index in [0.717, 1.165) is 29.1 Å². The Kier molecular flexibility index (Phi) is 4.52. The van der Waals surface area contributed by atoms with Crippen LogP contribution in [0, 0.1) is 0 Å². The first-order chi connectivity index (χ1) is 14.2. The minimum Gasteiger partial charge on any atom is -0.504 e. The molecule has 7 heteroatoms. The number of nitrogens with zero attached hydrogens (tertiary/aromatic N) is 4. The fourth-order valence-corrected chi connectivity index (χ4v) is 4.91. The van der Waals surface area contributed by atoms with E-state index in [1.165, 1.54) is 15.6 Å². The van der Waals surface area contributed by atoms with Gasteiger partial charge in [-0.1, -0.05) is 30.3 Å². The van der Waals surface area contributed by atoms with Crippen LogP contribution in [-0.2, 0) is 0 Å². The van der Waals surface area contributed by atoms with Gasteiger partial charge < -0.3 is 10.0 Å². The molecule has 0 spiro atoms. The molecule has 29 heavy (non-hydrogen) atoms. The van der Waals surface area contributed by atoms with Crippen molar-refractivity contribution in [3.63, 3.8) is 0 Å². The Morgan fingerprint density at radius 2 is 1.76 bits per heavy atom. The number of amides is 1. The van der Waals surface area contributed by atoms with Crippen molar-refractivity contribution >= 4 is 27.5 Å². The highest BCUT2D eigenvalue weighted by molar-refractivity contribution is 7.18. The minimum atomic E-state index is -0.222. The number of hydrogen-bond donors (Lipinski definition) is 1. The van der Waals surface area contributed by atoms with Crippen LogP contribution in [0.3, 0.4) is 0 Å². The molecule has 2 aromatic heterocycles. The zero-order chi connectivity index (χ0) is 19.8. The van der Waals surface area contributed by atoms with Crippen LogP contribution in [0.25, 0.3) is 15.9 Å². The topological polar surface area (TPSA) is 71.2 Å². The van der Waals surface area contributed by atoms with E-state index in [4.69, 9.17) is 4.98 Å². The maximum absolute atomic E-state index is 12.9. The predicted molar refractivity (Wildman–Crippen MR) is 113 cm³/mol. The molecule has 6 nitrogen and oxygen atoms in total. The van der Waals surface area contributed by atoms with Crippen LogP contribution in [0.1, 0.15) is 34.3 Å². The average molecular weight is 404 g/mol. The average Bonchev–Trinajstić information content (AvgIpc) is 3.38. The van der Waals surface area contributed by atoms with Gasteiger partial charge in [-0.2, -0.15) is 5.10 Å². The summed E-state index contributed by atoms with van der Waals surface area (Å²) in [4.78, 5) is 19.5. The van der Waals surface area contributed by atoms with Crippen LogP contribution < -0.4 is 0 Å². The number of carbonyl (C=O) groups excluding carboxylic acids is 1. The Bertz CT molecular complexity index is 1130. The van der Waals surface area contributed by atoms with Gasteiger partial charge >= 0.3 is 0 Å². The quantitative estimate of drug-likeness (QED) is 0.555. The molecule has 0 unspecified atom stereocenters. The number of aromatic hydroxyl groups is 1. The second kappa shape index (κ2) is 7.33. The molecule has 1 fully saturated rings. The molecule has 0 aliphatic carbocycles. The molecule has 0 radical (unpaired) electrons. The molecule has 1 amide bonds. The van der Waals surface area contributed by atoms with Crippen LogP contribution in [0.4, 0.5) is 0 Å². The summed E-state index contributed by atoms with van der Waals surface area (Å²) in [5, 5.41) is 15.7. The Balaban J connectivity index is 1.29. The number of likely N-dealkylation sites (tertiary alicyclic amines) is 1. The van der Waals surface area contributed by atoms with E-state index >= 15 is 0 Å². The third kappa shape index (κ3) is 3.38. The molecule has 0 bridgehead atoms. The lowest BCUT2D eigenvalue weighted by Crippen LogP contribution is -2.38. The molecule has 3 heterocycles. The standard InChI is InChI=1S/C22H20N4O2S/c27-18-14-26(16-6-2-1-3-7-16)24-20(18)22(28)25-12-10-15(11-13-25)21-23-17-8-4-5-9-19(17)29-21/h1-9,14-15,27H,10-13H2. The lowest BCUT2D eigenvalue weighted by atomic mass is 9.97. The summed E-state index contributed by atoms with van der Waals surface area (Å²) in [6.45, 7) is 1.27. The van der Waals surface area contributed by atoms with E-state index in [1.807, 2.05) is 48.5 Å². The molecule has 2 aromatic carbocycles. The molecule has 1 N–H and O–H groups in total. The van der Waals surface area contributed by atoms with Crippen molar-refractivity contribution in [1.82, 2.24) is 19.7 Å². The fourth-order valence-electron chi connectivity index (χ4n) is 3.77. The van der Waals surface area contributed by atoms with Gasteiger partial charge in [-0.05, 0) is 37.1 Å². The molecule has 0 atom stereocenters. The van der Waals surface area contributed by atoms with Crippen LogP contribution in [0.15, 0.2) is 60.8 Å². The van der Waals surface area contributed by atoms with E-state index in [2.05, 4.69) is 11.2 Å². The normalized spacial score (nSPS) is 15.1. The van der Waals surface area contributed by atoms with Gasteiger partial charge in [0.1, 0.15) is 0 Å². The van der Waals surface area contributed by atoms with Gasteiger partial charge in [0.15, 0.2) is 11.4 Å². The first-order valence-electron chi connectivity index (χ1n) is 9.68. The molecular weight excluding hydrogens is 384 g/mol. The summed E-state index contributed by atoms with van der Waals surface area (Å²) >= 11 is 1.74. The van der Waals surface area contributed by atoms with E-state index in [1.54, 1.807) is 16.2 Å². The number of hydrogen-bond acceptors (Lipinski definition) is 5. The zero-order valence-electron chi connectivity index (χ0n) is 15.7. The molecule has 1 aliphatic heterocycles. The molecule has 0 saturated carbocycles. The van der Waals surface area contributed by atoms with Gasteiger partial charge in [-0.25, -0.2) is 9.67 Å². The maximum Gasteiger partial charge on any atom is 0.278 e. The number of fused-ring (bicyclic) bond motifs is 1. The number of aromatic nitrogens is 3. The Morgan fingerprint density at radius 1 is 1.03 bits per heavy atom. The second-order valence-corrected chi connectivity index (χ2v) is 8.29. The summed E-state index contributed by atoms with van der Waals surface area (Å²) in [6.07, 6.45) is 3.22. The van der Waals surface area contributed by atoms with Crippen molar-refractivity contribution in [2.45, 2.75) is 18.8 Å².